The summed E-state index contributed by atoms with van der Waals surface area (Å²) in [7, 11) is 0. The molecule has 0 aromatic heterocycles. The van der Waals surface area contributed by atoms with Gasteiger partial charge in [0.1, 0.15) is 0 Å². The standard InChI is InChI=1S/C18H14O2/c1-11-5-3-7-13(9-11)15-16(18(20)17(15)19)14-8-4-6-12(2)10-14/h3-10H,1-2H3. The van der Waals surface area contributed by atoms with Crippen LogP contribution < -0.4 is 10.9 Å². The van der Waals surface area contributed by atoms with Gasteiger partial charge in [-0.15, -0.1) is 0 Å². The van der Waals surface area contributed by atoms with Gasteiger partial charge in [-0.05, 0) is 25.0 Å². The Morgan fingerprint density at radius 2 is 1.05 bits per heavy atom. The van der Waals surface area contributed by atoms with Crippen molar-refractivity contribution in [1.29, 1.82) is 0 Å². The summed E-state index contributed by atoms with van der Waals surface area (Å²) in [6.45, 7) is 3.95. The molecule has 0 N–H and O–H groups in total. The molecule has 0 saturated carbocycles. The molecule has 0 radical (unpaired) electrons. The highest BCUT2D eigenvalue weighted by molar-refractivity contribution is 5.87. The van der Waals surface area contributed by atoms with E-state index in [9.17, 15) is 9.59 Å². The van der Waals surface area contributed by atoms with Gasteiger partial charge in [-0.25, -0.2) is 0 Å². The second kappa shape index (κ2) is 4.57. The zero-order chi connectivity index (χ0) is 14.3. The van der Waals surface area contributed by atoms with Crippen LogP contribution in [0.2, 0.25) is 0 Å². The van der Waals surface area contributed by atoms with Crippen LogP contribution in [0.3, 0.4) is 0 Å². The average Bonchev–Trinajstić information content (AvgIpc) is 2.43. The summed E-state index contributed by atoms with van der Waals surface area (Å²) < 4.78 is 0. The predicted octanol–water partition coefficient (Wildman–Crippen LogP) is 3.23. The minimum atomic E-state index is -0.382. The number of hydrogen-bond acceptors (Lipinski definition) is 2. The topological polar surface area (TPSA) is 34.1 Å². The molecule has 0 amide bonds. The van der Waals surface area contributed by atoms with E-state index in [2.05, 4.69) is 0 Å². The van der Waals surface area contributed by atoms with Gasteiger partial charge >= 0.3 is 0 Å². The number of rotatable bonds is 2. The van der Waals surface area contributed by atoms with Crippen molar-refractivity contribution in [1.82, 2.24) is 0 Å². The second-order valence-corrected chi connectivity index (χ2v) is 5.15. The molecule has 0 spiro atoms. The van der Waals surface area contributed by atoms with Crippen molar-refractivity contribution in [2.24, 2.45) is 0 Å². The van der Waals surface area contributed by atoms with E-state index in [1.165, 1.54) is 0 Å². The predicted molar refractivity (Wildman–Crippen MR) is 81.7 cm³/mol. The molecule has 3 rings (SSSR count). The number of benzene rings is 2. The first-order valence-corrected chi connectivity index (χ1v) is 6.55. The van der Waals surface area contributed by atoms with Crippen molar-refractivity contribution in [3.05, 3.63) is 80.1 Å². The maximum Gasteiger partial charge on any atom is 0.234 e. The van der Waals surface area contributed by atoms with Gasteiger partial charge in [0, 0.05) is 11.1 Å². The van der Waals surface area contributed by atoms with Crippen LogP contribution in [0.5, 0.6) is 0 Å². The minimum absolute atomic E-state index is 0.382. The van der Waals surface area contributed by atoms with Crippen molar-refractivity contribution in [2.75, 3.05) is 0 Å². The zero-order valence-electron chi connectivity index (χ0n) is 11.4. The molecule has 0 bridgehead atoms. The molecular weight excluding hydrogens is 248 g/mol. The van der Waals surface area contributed by atoms with Crippen LogP contribution in [-0.2, 0) is 0 Å². The molecule has 2 heteroatoms. The van der Waals surface area contributed by atoms with E-state index in [-0.39, 0.29) is 10.9 Å². The molecule has 3 aromatic rings. The highest BCUT2D eigenvalue weighted by Crippen LogP contribution is 2.29. The van der Waals surface area contributed by atoms with Crippen LogP contribution in [0.25, 0.3) is 22.3 Å². The van der Waals surface area contributed by atoms with Gasteiger partial charge in [0.2, 0.25) is 10.9 Å². The van der Waals surface area contributed by atoms with E-state index in [0.717, 1.165) is 22.3 Å². The van der Waals surface area contributed by atoms with Crippen molar-refractivity contribution in [3.63, 3.8) is 0 Å². The summed E-state index contributed by atoms with van der Waals surface area (Å²) in [5, 5.41) is 0. The highest BCUT2D eigenvalue weighted by Gasteiger charge is 2.23. The van der Waals surface area contributed by atoms with Gasteiger partial charge < -0.3 is 0 Å². The van der Waals surface area contributed by atoms with Crippen LogP contribution in [0.4, 0.5) is 0 Å². The lowest BCUT2D eigenvalue weighted by Gasteiger charge is -2.12. The summed E-state index contributed by atoms with van der Waals surface area (Å²) in [5.41, 5.74) is 4.13. The lowest BCUT2D eigenvalue weighted by atomic mass is 9.88. The first-order valence-electron chi connectivity index (χ1n) is 6.55. The van der Waals surface area contributed by atoms with E-state index in [1.807, 2.05) is 62.4 Å². The minimum Gasteiger partial charge on any atom is -0.285 e. The summed E-state index contributed by atoms with van der Waals surface area (Å²) >= 11 is 0. The lowest BCUT2D eigenvalue weighted by Crippen LogP contribution is -2.35. The molecule has 98 valence electrons. The van der Waals surface area contributed by atoms with E-state index >= 15 is 0 Å². The third kappa shape index (κ3) is 1.90. The molecule has 20 heavy (non-hydrogen) atoms. The largest absolute Gasteiger partial charge is 0.285 e. The van der Waals surface area contributed by atoms with Gasteiger partial charge in [0.15, 0.2) is 0 Å². The summed E-state index contributed by atoms with van der Waals surface area (Å²) in [6, 6.07) is 15.4. The molecule has 0 unspecified atom stereocenters. The monoisotopic (exact) mass is 262 g/mol. The summed E-state index contributed by atoms with van der Waals surface area (Å²) in [4.78, 5) is 23.9. The first-order chi connectivity index (χ1) is 9.58. The fraction of sp³-hybridized carbons (Fsp3) is 0.111. The Hall–Kier alpha value is -2.48. The van der Waals surface area contributed by atoms with E-state index < -0.39 is 0 Å². The maximum absolute atomic E-state index is 11.9. The van der Waals surface area contributed by atoms with Gasteiger partial charge in [-0.2, -0.15) is 0 Å². The Morgan fingerprint density at radius 3 is 1.40 bits per heavy atom. The van der Waals surface area contributed by atoms with Gasteiger partial charge in [-0.3, -0.25) is 9.59 Å². The van der Waals surface area contributed by atoms with Crippen LogP contribution >= 0.6 is 0 Å². The van der Waals surface area contributed by atoms with Crippen molar-refractivity contribution in [2.45, 2.75) is 13.8 Å². The van der Waals surface area contributed by atoms with Crippen LogP contribution in [0.15, 0.2) is 58.1 Å². The molecule has 2 nitrogen and oxygen atoms in total. The second-order valence-electron chi connectivity index (χ2n) is 5.15. The smallest absolute Gasteiger partial charge is 0.234 e. The Bertz CT molecular complexity index is 792. The molecule has 0 aliphatic carbocycles. The SMILES string of the molecule is Cc1cccc(-c2c(-c3cccc(C)c3)c(=O)c2=O)c1. The molecule has 0 atom stereocenters. The molecule has 3 aromatic carbocycles. The van der Waals surface area contributed by atoms with Gasteiger partial charge in [0.05, 0.1) is 0 Å². The fourth-order valence-electron chi connectivity index (χ4n) is 2.54. The van der Waals surface area contributed by atoms with Crippen molar-refractivity contribution in [3.8, 4) is 22.3 Å². The average molecular weight is 262 g/mol. The van der Waals surface area contributed by atoms with Crippen LogP contribution in [0.1, 0.15) is 11.1 Å². The Labute approximate surface area is 117 Å². The normalized spacial score (nSPS) is 10.9. The fourth-order valence-corrected chi connectivity index (χ4v) is 2.54. The molecule has 0 saturated heterocycles. The van der Waals surface area contributed by atoms with Crippen LogP contribution in [0, 0.1) is 13.8 Å². The number of hydrogen-bond donors (Lipinski definition) is 0. The zero-order valence-corrected chi connectivity index (χ0v) is 11.4. The molecular formula is C18H14O2. The third-order valence-corrected chi connectivity index (χ3v) is 3.52. The Balaban J connectivity index is 2.23. The Kier molecular flexibility index (Phi) is 2.87. The first kappa shape index (κ1) is 12.5. The molecule has 0 fully saturated rings. The number of aryl methyl sites for hydroxylation is 2. The van der Waals surface area contributed by atoms with Gasteiger partial charge in [-0.1, -0.05) is 59.7 Å². The molecule has 0 heterocycles. The maximum atomic E-state index is 11.9. The summed E-state index contributed by atoms with van der Waals surface area (Å²) in [6.07, 6.45) is 0. The van der Waals surface area contributed by atoms with E-state index in [4.69, 9.17) is 0 Å². The third-order valence-electron chi connectivity index (χ3n) is 3.52. The van der Waals surface area contributed by atoms with Crippen LogP contribution in [-0.4, -0.2) is 0 Å². The van der Waals surface area contributed by atoms with E-state index in [1.54, 1.807) is 0 Å². The molecule has 0 aliphatic rings. The Morgan fingerprint density at radius 1 is 0.650 bits per heavy atom. The van der Waals surface area contributed by atoms with E-state index in [0.29, 0.717) is 11.1 Å². The lowest BCUT2D eigenvalue weighted by molar-refractivity contribution is 1.37. The molecule has 0 aliphatic heterocycles. The summed E-state index contributed by atoms with van der Waals surface area (Å²) in [5.74, 6) is 0. The quantitative estimate of drug-likeness (QED) is 0.664. The van der Waals surface area contributed by atoms with Crippen molar-refractivity contribution >= 4 is 0 Å². The highest BCUT2D eigenvalue weighted by atomic mass is 16.2. The van der Waals surface area contributed by atoms with Gasteiger partial charge in [0.25, 0.3) is 0 Å². The van der Waals surface area contributed by atoms with Crippen molar-refractivity contribution < 1.29 is 0 Å².